The number of rotatable bonds is 10. The van der Waals surface area contributed by atoms with Crippen LogP contribution in [0, 0.1) is 23.5 Å². The van der Waals surface area contributed by atoms with Gasteiger partial charge in [-0.15, -0.1) is 0 Å². The molecule has 0 spiro atoms. The molecule has 2 unspecified atom stereocenters. The van der Waals surface area contributed by atoms with Crippen molar-refractivity contribution >= 4 is 0 Å². The molecule has 1 aliphatic carbocycles. The number of ether oxygens (including phenoxy) is 2. The fourth-order valence-corrected chi connectivity index (χ4v) is 6.67. The Balaban J connectivity index is 1.14. The lowest BCUT2D eigenvalue weighted by Crippen LogP contribution is -2.32. The predicted octanol–water partition coefficient (Wildman–Crippen LogP) is 10.5. The average Bonchev–Trinajstić information content (AvgIpc) is 3.03. The van der Waals surface area contributed by atoms with Crippen LogP contribution in [0.3, 0.4) is 0 Å². The van der Waals surface area contributed by atoms with Gasteiger partial charge in [0.15, 0.2) is 11.6 Å². The molecule has 3 aromatic carbocycles. The third-order valence-electron chi connectivity index (χ3n) is 9.15. The number of benzene rings is 3. The van der Waals surface area contributed by atoms with E-state index in [1.165, 1.54) is 50.2 Å². The zero-order chi connectivity index (χ0) is 28.6. The first-order chi connectivity index (χ1) is 20.1. The summed E-state index contributed by atoms with van der Waals surface area (Å²) in [5.74, 6) is 0.329. The lowest BCUT2D eigenvalue weighted by Gasteiger charge is -2.38. The molecule has 2 aliphatic rings. The number of hydrogen-bond acceptors (Lipinski definition) is 2. The van der Waals surface area contributed by atoms with E-state index in [9.17, 15) is 8.78 Å². The van der Waals surface area contributed by atoms with E-state index in [1.54, 1.807) is 6.07 Å². The Labute approximate surface area is 244 Å². The van der Waals surface area contributed by atoms with Gasteiger partial charge in [-0.05, 0) is 117 Å². The summed E-state index contributed by atoms with van der Waals surface area (Å²) in [4.78, 5) is 0. The highest BCUT2D eigenvalue weighted by molar-refractivity contribution is 5.71. The minimum Gasteiger partial charge on any atom is -0.490 e. The Hall–Kier alpha value is -2.98. The second-order valence-corrected chi connectivity index (χ2v) is 11.8. The van der Waals surface area contributed by atoms with Gasteiger partial charge >= 0.3 is 0 Å². The van der Waals surface area contributed by atoms with Crippen LogP contribution in [0.2, 0.25) is 0 Å². The molecule has 1 aliphatic heterocycles. The van der Waals surface area contributed by atoms with Gasteiger partial charge in [-0.25, -0.2) is 4.39 Å². The number of halogens is 2. The first-order valence-electron chi connectivity index (χ1n) is 15.6. The summed E-state index contributed by atoms with van der Waals surface area (Å²) in [6.45, 7) is 5.32. The molecule has 0 N–H and O–H groups in total. The molecule has 5 rings (SSSR count). The SMILES string of the molecule is CC=CCCC1CCC(C2CCC(c3ccc(-c4ccc(-c5ccc(OCCC)c(F)c5F)cc4)cc3)CC2)CO1. The van der Waals surface area contributed by atoms with Crippen LogP contribution in [0.25, 0.3) is 22.3 Å². The fraction of sp³-hybridized carbons (Fsp3) is 0.459. The van der Waals surface area contributed by atoms with Gasteiger partial charge in [0.05, 0.1) is 19.3 Å². The molecule has 0 bridgehead atoms. The molecule has 41 heavy (non-hydrogen) atoms. The second kappa shape index (κ2) is 14.3. The summed E-state index contributed by atoms with van der Waals surface area (Å²) in [7, 11) is 0. The first-order valence-corrected chi connectivity index (χ1v) is 15.6. The number of allylic oxidation sites excluding steroid dienone is 2. The van der Waals surface area contributed by atoms with Crippen molar-refractivity contribution < 1.29 is 18.3 Å². The maximum atomic E-state index is 14.8. The zero-order valence-corrected chi connectivity index (χ0v) is 24.6. The van der Waals surface area contributed by atoms with Crippen molar-refractivity contribution in [3.05, 3.63) is 90.0 Å². The van der Waals surface area contributed by atoms with Gasteiger partial charge in [0, 0.05) is 5.56 Å². The van der Waals surface area contributed by atoms with E-state index in [2.05, 4.69) is 43.3 Å². The van der Waals surface area contributed by atoms with Crippen LogP contribution >= 0.6 is 0 Å². The van der Waals surface area contributed by atoms with Crippen molar-refractivity contribution in [2.45, 2.75) is 83.7 Å². The minimum absolute atomic E-state index is 0.0364. The Morgan fingerprint density at radius 1 is 0.780 bits per heavy atom. The summed E-state index contributed by atoms with van der Waals surface area (Å²) in [5, 5.41) is 0. The van der Waals surface area contributed by atoms with Crippen molar-refractivity contribution in [2.24, 2.45) is 11.8 Å². The van der Waals surface area contributed by atoms with Gasteiger partial charge < -0.3 is 9.47 Å². The smallest absolute Gasteiger partial charge is 0.201 e. The summed E-state index contributed by atoms with van der Waals surface area (Å²) < 4.78 is 40.8. The Bertz CT molecular complexity index is 1270. The topological polar surface area (TPSA) is 18.5 Å². The van der Waals surface area contributed by atoms with Gasteiger partial charge in [0.2, 0.25) is 5.82 Å². The van der Waals surface area contributed by atoms with E-state index in [4.69, 9.17) is 9.47 Å². The van der Waals surface area contributed by atoms with Crippen molar-refractivity contribution in [1.82, 2.24) is 0 Å². The van der Waals surface area contributed by atoms with E-state index in [1.807, 2.05) is 31.2 Å². The molecule has 0 amide bonds. The highest BCUT2D eigenvalue weighted by Gasteiger charge is 2.31. The van der Waals surface area contributed by atoms with Gasteiger partial charge in [0.1, 0.15) is 0 Å². The fourth-order valence-electron chi connectivity index (χ4n) is 6.67. The lowest BCUT2D eigenvalue weighted by molar-refractivity contribution is -0.0401. The van der Waals surface area contributed by atoms with Crippen LogP contribution in [0.1, 0.15) is 83.1 Å². The van der Waals surface area contributed by atoms with E-state index in [0.717, 1.165) is 48.8 Å². The van der Waals surface area contributed by atoms with Gasteiger partial charge in [-0.1, -0.05) is 67.6 Å². The van der Waals surface area contributed by atoms with Crippen LogP contribution in [0.5, 0.6) is 5.75 Å². The molecule has 1 heterocycles. The molecule has 218 valence electrons. The Kier molecular flexibility index (Phi) is 10.3. The standard InChI is InChI=1S/C37H44F2O2/c1-3-5-6-7-33-21-20-32(25-41-33)30-14-12-28(13-15-30)26-8-10-27(11-9-26)29-16-18-31(19-17-29)34-22-23-35(40-24-4-2)37(39)36(34)38/h3,5,8-11,16-19,22-23,28,30,32-33H,4,6-7,12-15,20-21,24-25H2,1-2H3. The Morgan fingerprint density at radius 3 is 2.07 bits per heavy atom. The van der Waals surface area contributed by atoms with Crippen LogP contribution in [0.15, 0.2) is 72.8 Å². The minimum atomic E-state index is -0.930. The molecule has 4 heteroatoms. The molecule has 2 fully saturated rings. The quantitative estimate of drug-likeness (QED) is 0.230. The van der Waals surface area contributed by atoms with E-state index in [-0.39, 0.29) is 11.3 Å². The third kappa shape index (κ3) is 7.27. The molecule has 2 atom stereocenters. The van der Waals surface area contributed by atoms with Crippen LogP contribution in [0.4, 0.5) is 8.78 Å². The van der Waals surface area contributed by atoms with Crippen LogP contribution in [-0.4, -0.2) is 19.3 Å². The molecule has 3 aromatic rings. The average molecular weight is 559 g/mol. The van der Waals surface area contributed by atoms with Crippen LogP contribution in [-0.2, 0) is 4.74 Å². The van der Waals surface area contributed by atoms with E-state index in [0.29, 0.717) is 24.2 Å². The van der Waals surface area contributed by atoms with Crippen molar-refractivity contribution in [2.75, 3.05) is 13.2 Å². The molecule has 0 aromatic heterocycles. The van der Waals surface area contributed by atoms with Crippen molar-refractivity contribution in [3.63, 3.8) is 0 Å². The summed E-state index contributed by atoms with van der Waals surface area (Å²) in [6.07, 6.45) is 15.5. The summed E-state index contributed by atoms with van der Waals surface area (Å²) in [6, 6.07) is 19.7. The molecular weight excluding hydrogens is 514 g/mol. The van der Waals surface area contributed by atoms with E-state index >= 15 is 0 Å². The lowest BCUT2D eigenvalue weighted by atomic mass is 9.72. The summed E-state index contributed by atoms with van der Waals surface area (Å²) >= 11 is 0. The third-order valence-corrected chi connectivity index (χ3v) is 9.15. The maximum absolute atomic E-state index is 14.8. The Morgan fingerprint density at radius 2 is 1.44 bits per heavy atom. The molecule has 2 nitrogen and oxygen atoms in total. The highest BCUT2D eigenvalue weighted by atomic mass is 19.2. The molecular formula is C37H44F2O2. The largest absolute Gasteiger partial charge is 0.490 e. The predicted molar refractivity (Wildman–Crippen MR) is 164 cm³/mol. The monoisotopic (exact) mass is 558 g/mol. The second-order valence-electron chi connectivity index (χ2n) is 11.8. The first kappa shape index (κ1) is 29.5. The van der Waals surface area contributed by atoms with Crippen molar-refractivity contribution in [3.8, 4) is 28.0 Å². The highest BCUT2D eigenvalue weighted by Crippen LogP contribution is 2.42. The number of hydrogen-bond donors (Lipinski definition) is 0. The van der Waals surface area contributed by atoms with Gasteiger partial charge in [0.25, 0.3) is 0 Å². The summed E-state index contributed by atoms with van der Waals surface area (Å²) in [5.41, 5.74) is 4.51. The molecule has 1 saturated carbocycles. The normalized spacial score (nSPS) is 23.1. The maximum Gasteiger partial charge on any atom is 0.201 e. The van der Waals surface area contributed by atoms with E-state index < -0.39 is 11.6 Å². The van der Waals surface area contributed by atoms with Crippen molar-refractivity contribution in [1.29, 1.82) is 0 Å². The van der Waals surface area contributed by atoms with Crippen LogP contribution < -0.4 is 4.74 Å². The molecule has 0 radical (unpaired) electrons. The van der Waals surface area contributed by atoms with Gasteiger partial charge in [-0.3, -0.25) is 0 Å². The zero-order valence-electron chi connectivity index (χ0n) is 24.6. The van der Waals surface area contributed by atoms with Gasteiger partial charge in [-0.2, -0.15) is 4.39 Å². The molecule has 1 saturated heterocycles.